The van der Waals surface area contributed by atoms with Crippen molar-refractivity contribution in [1.82, 2.24) is 9.97 Å². The van der Waals surface area contributed by atoms with Gasteiger partial charge in [0.05, 0.1) is 25.0 Å². The van der Waals surface area contributed by atoms with E-state index in [0.29, 0.717) is 33.4 Å². The maximum atomic E-state index is 14.9. The van der Waals surface area contributed by atoms with Crippen molar-refractivity contribution in [3.05, 3.63) is 70.3 Å². The van der Waals surface area contributed by atoms with Crippen LogP contribution in [0.3, 0.4) is 0 Å². The number of benzene rings is 1. The SMILES string of the molecule is COc1ccc(-c2nc3c(cc2F)CN(C(C)=O)c2ccc(Cl)cc2/C=C\3)cn1. The third kappa shape index (κ3) is 3.71. The maximum Gasteiger partial charge on any atom is 0.224 e. The van der Waals surface area contributed by atoms with Crippen LogP contribution in [0, 0.1) is 5.82 Å². The van der Waals surface area contributed by atoms with Crippen LogP contribution in [0.25, 0.3) is 23.4 Å². The van der Waals surface area contributed by atoms with E-state index in [0.717, 1.165) is 5.56 Å². The lowest BCUT2D eigenvalue weighted by Gasteiger charge is -2.26. The van der Waals surface area contributed by atoms with E-state index in [4.69, 9.17) is 16.3 Å². The number of rotatable bonds is 2. The van der Waals surface area contributed by atoms with Gasteiger partial charge in [0, 0.05) is 35.3 Å². The van der Waals surface area contributed by atoms with Gasteiger partial charge in [-0.1, -0.05) is 17.7 Å². The first-order valence-electron chi connectivity index (χ1n) is 8.92. The number of aromatic nitrogens is 2. The molecule has 0 fully saturated rings. The first-order chi connectivity index (χ1) is 14.0. The van der Waals surface area contributed by atoms with Gasteiger partial charge in [-0.05, 0) is 42.0 Å². The molecule has 0 N–H and O–H groups in total. The summed E-state index contributed by atoms with van der Waals surface area (Å²) in [4.78, 5) is 22.5. The minimum atomic E-state index is -0.482. The zero-order valence-electron chi connectivity index (χ0n) is 15.8. The zero-order valence-corrected chi connectivity index (χ0v) is 16.6. The molecule has 1 aromatic carbocycles. The number of hydrogen-bond acceptors (Lipinski definition) is 4. The van der Waals surface area contributed by atoms with Gasteiger partial charge < -0.3 is 9.64 Å². The fourth-order valence-corrected chi connectivity index (χ4v) is 3.45. The molecule has 0 saturated heterocycles. The molecule has 2 aromatic heterocycles. The molecule has 0 bridgehead atoms. The Morgan fingerprint density at radius 1 is 1.21 bits per heavy atom. The molecule has 1 aliphatic heterocycles. The third-order valence-electron chi connectivity index (χ3n) is 4.72. The minimum absolute atomic E-state index is 0.154. The van der Waals surface area contributed by atoms with E-state index >= 15 is 0 Å². The minimum Gasteiger partial charge on any atom is -0.481 e. The number of ether oxygens (including phenoxy) is 1. The van der Waals surface area contributed by atoms with Crippen LogP contribution >= 0.6 is 11.6 Å². The van der Waals surface area contributed by atoms with Gasteiger partial charge in [0.15, 0.2) is 0 Å². The van der Waals surface area contributed by atoms with E-state index in [1.165, 1.54) is 26.3 Å². The molecule has 0 atom stereocenters. The first-order valence-corrected chi connectivity index (χ1v) is 9.29. The molecule has 1 amide bonds. The van der Waals surface area contributed by atoms with E-state index in [1.54, 1.807) is 35.2 Å². The Hall–Kier alpha value is -3.25. The van der Waals surface area contributed by atoms with E-state index in [2.05, 4.69) is 9.97 Å². The molecule has 0 unspecified atom stereocenters. The lowest BCUT2D eigenvalue weighted by molar-refractivity contribution is -0.116. The van der Waals surface area contributed by atoms with E-state index in [1.807, 2.05) is 12.2 Å². The number of methoxy groups -OCH3 is 1. The molecule has 0 radical (unpaired) electrons. The molecule has 0 spiro atoms. The average molecular weight is 410 g/mol. The van der Waals surface area contributed by atoms with E-state index in [-0.39, 0.29) is 18.1 Å². The monoisotopic (exact) mass is 409 g/mol. The van der Waals surface area contributed by atoms with Crippen LogP contribution in [0.5, 0.6) is 5.88 Å². The van der Waals surface area contributed by atoms with Crippen LogP contribution in [-0.4, -0.2) is 23.0 Å². The Balaban J connectivity index is 1.84. The van der Waals surface area contributed by atoms with Crippen molar-refractivity contribution in [3.63, 3.8) is 0 Å². The molecule has 29 heavy (non-hydrogen) atoms. The summed E-state index contributed by atoms with van der Waals surface area (Å²) in [5, 5.41) is 0.565. The molecule has 4 rings (SSSR count). The Labute approximate surface area is 172 Å². The highest BCUT2D eigenvalue weighted by Crippen LogP contribution is 2.32. The van der Waals surface area contributed by atoms with Gasteiger partial charge in [0.1, 0.15) is 11.5 Å². The Bertz CT molecular complexity index is 1130. The van der Waals surface area contributed by atoms with Crippen molar-refractivity contribution < 1.29 is 13.9 Å². The second-order valence-corrected chi connectivity index (χ2v) is 7.03. The van der Waals surface area contributed by atoms with Gasteiger partial charge in [0.2, 0.25) is 11.8 Å². The summed E-state index contributed by atoms with van der Waals surface area (Å²) >= 11 is 6.13. The second kappa shape index (κ2) is 7.64. The third-order valence-corrected chi connectivity index (χ3v) is 4.95. The summed E-state index contributed by atoms with van der Waals surface area (Å²) in [6.45, 7) is 1.68. The average Bonchev–Trinajstić information content (AvgIpc) is 2.70. The predicted octanol–water partition coefficient (Wildman–Crippen LogP) is 4.98. The topological polar surface area (TPSA) is 55.3 Å². The van der Waals surface area contributed by atoms with Gasteiger partial charge in [0.25, 0.3) is 0 Å². The quantitative estimate of drug-likeness (QED) is 0.599. The van der Waals surface area contributed by atoms with Crippen LogP contribution in [0.1, 0.15) is 23.7 Å². The summed E-state index contributed by atoms with van der Waals surface area (Å²) in [6.07, 6.45) is 5.15. The summed E-state index contributed by atoms with van der Waals surface area (Å²) < 4.78 is 19.9. The zero-order chi connectivity index (χ0) is 20.5. The fraction of sp³-hybridized carbons (Fsp3) is 0.136. The molecule has 1 aliphatic rings. The first kappa shape index (κ1) is 19.1. The number of hydrogen-bond donors (Lipinski definition) is 0. The number of carbonyl (C=O) groups excluding carboxylic acids is 1. The summed E-state index contributed by atoms with van der Waals surface area (Å²) in [7, 11) is 1.52. The van der Waals surface area contributed by atoms with Crippen molar-refractivity contribution in [2.45, 2.75) is 13.5 Å². The standard InChI is InChI=1S/C22H17ClFN3O2/c1-13(28)27-12-16-10-18(24)22(15-4-8-21(29-2)25-11-15)26-19(16)6-3-14-9-17(23)5-7-20(14)27/h3-11H,12H2,1-2H3/b6-3-. The highest BCUT2D eigenvalue weighted by molar-refractivity contribution is 6.30. The Kier molecular flexibility index (Phi) is 5.03. The molecule has 0 saturated carbocycles. The number of fused-ring (bicyclic) bond motifs is 2. The molecule has 3 heterocycles. The van der Waals surface area contributed by atoms with Crippen LogP contribution in [0.4, 0.5) is 10.1 Å². The van der Waals surface area contributed by atoms with Crippen molar-refractivity contribution in [2.75, 3.05) is 12.0 Å². The van der Waals surface area contributed by atoms with Crippen LogP contribution in [0.2, 0.25) is 5.02 Å². The normalized spacial score (nSPS) is 13.7. The van der Waals surface area contributed by atoms with Crippen molar-refractivity contribution >= 4 is 35.3 Å². The highest BCUT2D eigenvalue weighted by atomic mass is 35.5. The molecule has 0 aliphatic carbocycles. The predicted molar refractivity (Wildman–Crippen MR) is 111 cm³/mol. The van der Waals surface area contributed by atoms with E-state index in [9.17, 15) is 9.18 Å². The van der Waals surface area contributed by atoms with Gasteiger partial charge in [-0.3, -0.25) is 4.79 Å². The number of pyridine rings is 2. The van der Waals surface area contributed by atoms with Crippen LogP contribution in [0.15, 0.2) is 42.6 Å². The summed E-state index contributed by atoms with van der Waals surface area (Å²) in [6, 6.07) is 10.1. The molecular weight excluding hydrogens is 393 g/mol. The molecular formula is C22H17ClFN3O2. The second-order valence-electron chi connectivity index (χ2n) is 6.59. The molecule has 5 nitrogen and oxygen atoms in total. The number of carbonyl (C=O) groups is 1. The molecule has 7 heteroatoms. The molecule has 146 valence electrons. The van der Waals surface area contributed by atoms with Gasteiger partial charge in [-0.15, -0.1) is 0 Å². The van der Waals surface area contributed by atoms with Gasteiger partial charge in [-0.25, -0.2) is 14.4 Å². The summed E-state index contributed by atoms with van der Waals surface area (Å²) in [5.41, 5.74) is 3.41. The van der Waals surface area contributed by atoms with Crippen molar-refractivity contribution in [3.8, 4) is 17.1 Å². The number of anilines is 1. The van der Waals surface area contributed by atoms with Crippen LogP contribution < -0.4 is 9.64 Å². The lowest BCUT2D eigenvalue weighted by atomic mass is 10.0. The van der Waals surface area contributed by atoms with Gasteiger partial charge >= 0.3 is 0 Å². The van der Waals surface area contributed by atoms with Crippen molar-refractivity contribution in [1.29, 1.82) is 0 Å². The summed E-state index contributed by atoms with van der Waals surface area (Å²) in [5.74, 6) is -0.200. The molecule has 3 aromatic rings. The van der Waals surface area contributed by atoms with Crippen LogP contribution in [-0.2, 0) is 11.3 Å². The lowest BCUT2D eigenvalue weighted by Crippen LogP contribution is -2.29. The smallest absolute Gasteiger partial charge is 0.224 e. The Morgan fingerprint density at radius 2 is 2.03 bits per heavy atom. The maximum absolute atomic E-state index is 14.9. The number of amides is 1. The van der Waals surface area contributed by atoms with Crippen molar-refractivity contribution in [2.24, 2.45) is 0 Å². The van der Waals surface area contributed by atoms with E-state index < -0.39 is 5.82 Å². The number of nitrogens with zero attached hydrogens (tertiary/aromatic N) is 3. The fourth-order valence-electron chi connectivity index (χ4n) is 3.27. The number of halogens is 2. The largest absolute Gasteiger partial charge is 0.481 e. The Morgan fingerprint density at radius 3 is 2.72 bits per heavy atom. The van der Waals surface area contributed by atoms with Gasteiger partial charge in [-0.2, -0.15) is 0 Å². The highest BCUT2D eigenvalue weighted by Gasteiger charge is 2.21.